The van der Waals surface area contributed by atoms with Gasteiger partial charge in [0.25, 0.3) is 0 Å². The van der Waals surface area contributed by atoms with Crippen molar-refractivity contribution >= 4 is 11.6 Å². The van der Waals surface area contributed by atoms with Crippen molar-refractivity contribution < 1.29 is 18.7 Å². The second-order valence-electron chi connectivity index (χ2n) is 6.14. The molecule has 1 fully saturated rings. The summed E-state index contributed by atoms with van der Waals surface area (Å²) in [6, 6.07) is 4.98. The van der Waals surface area contributed by atoms with E-state index in [1.54, 1.807) is 13.2 Å². The van der Waals surface area contributed by atoms with Gasteiger partial charge in [0.1, 0.15) is 5.82 Å². The lowest BCUT2D eigenvalue weighted by Gasteiger charge is -2.35. The first-order chi connectivity index (χ1) is 11.6. The molecule has 0 radical (unpaired) electrons. The van der Waals surface area contributed by atoms with E-state index in [0.717, 1.165) is 37.2 Å². The number of ether oxygens (including phenoxy) is 2. The molecule has 1 N–H and O–H groups in total. The van der Waals surface area contributed by atoms with Gasteiger partial charge in [-0.3, -0.25) is 4.79 Å². The van der Waals surface area contributed by atoms with Crippen molar-refractivity contribution in [2.45, 2.75) is 32.2 Å². The highest BCUT2D eigenvalue weighted by atomic mass is 19.1. The number of rotatable bonds is 8. The number of anilines is 1. The number of hydrogen-bond acceptors (Lipinski definition) is 4. The van der Waals surface area contributed by atoms with Crippen LogP contribution in [0.15, 0.2) is 18.2 Å². The maximum atomic E-state index is 13.3. The Morgan fingerprint density at radius 3 is 2.96 bits per heavy atom. The van der Waals surface area contributed by atoms with Crippen LogP contribution in [-0.2, 0) is 14.3 Å². The third-order valence-electron chi connectivity index (χ3n) is 4.19. The van der Waals surface area contributed by atoms with Gasteiger partial charge in [-0.15, -0.1) is 0 Å². The van der Waals surface area contributed by atoms with E-state index in [4.69, 9.17) is 9.47 Å². The van der Waals surface area contributed by atoms with Crippen molar-refractivity contribution in [2.24, 2.45) is 0 Å². The zero-order valence-corrected chi connectivity index (χ0v) is 14.5. The van der Waals surface area contributed by atoms with Crippen molar-refractivity contribution in [1.82, 2.24) is 5.32 Å². The molecule has 134 valence electrons. The van der Waals surface area contributed by atoms with Crippen LogP contribution in [0.2, 0.25) is 0 Å². The summed E-state index contributed by atoms with van der Waals surface area (Å²) in [5, 5.41) is 3.07. The van der Waals surface area contributed by atoms with Crippen molar-refractivity contribution in [2.75, 3.05) is 44.9 Å². The normalized spacial score (nSPS) is 17.8. The molecule has 5 nitrogen and oxygen atoms in total. The molecule has 1 aromatic carbocycles. The van der Waals surface area contributed by atoms with Crippen molar-refractivity contribution in [1.29, 1.82) is 0 Å². The first kappa shape index (κ1) is 18.7. The number of amides is 1. The third kappa shape index (κ3) is 5.76. The van der Waals surface area contributed by atoms with Gasteiger partial charge in [-0.05, 0) is 43.5 Å². The maximum Gasteiger partial charge on any atom is 0.222 e. The van der Waals surface area contributed by atoms with Crippen LogP contribution in [0.4, 0.5) is 10.1 Å². The smallest absolute Gasteiger partial charge is 0.222 e. The molecule has 0 saturated carbocycles. The van der Waals surface area contributed by atoms with Crippen LogP contribution in [0, 0.1) is 12.7 Å². The zero-order valence-electron chi connectivity index (χ0n) is 14.5. The predicted octanol–water partition coefficient (Wildman–Crippen LogP) is 2.27. The molecule has 2 rings (SSSR count). The summed E-state index contributed by atoms with van der Waals surface area (Å²) in [5.74, 6) is -0.207. The molecule has 1 atom stereocenters. The van der Waals surface area contributed by atoms with E-state index >= 15 is 0 Å². The minimum absolute atomic E-state index is 0.00935. The van der Waals surface area contributed by atoms with E-state index in [2.05, 4.69) is 10.2 Å². The highest BCUT2D eigenvalue weighted by Crippen LogP contribution is 2.24. The number of carbonyl (C=O) groups excluding carboxylic acids is 1. The van der Waals surface area contributed by atoms with Gasteiger partial charge < -0.3 is 19.7 Å². The maximum absolute atomic E-state index is 13.3. The van der Waals surface area contributed by atoms with Crippen molar-refractivity contribution in [3.63, 3.8) is 0 Å². The Labute approximate surface area is 143 Å². The SMILES string of the molecule is COCCOCCC(=O)N[C@H]1CCCN(c2ccc(F)cc2C)C1. The number of carbonyl (C=O) groups is 1. The number of halogens is 1. The van der Waals surface area contributed by atoms with Crippen LogP contribution in [0.5, 0.6) is 0 Å². The van der Waals surface area contributed by atoms with E-state index in [1.165, 1.54) is 6.07 Å². The molecule has 0 spiro atoms. The molecule has 0 aromatic heterocycles. The molecule has 1 aliphatic rings. The summed E-state index contributed by atoms with van der Waals surface area (Å²) in [5.41, 5.74) is 1.96. The molecule has 1 aromatic rings. The number of benzene rings is 1. The van der Waals surface area contributed by atoms with E-state index in [0.29, 0.717) is 26.2 Å². The van der Waals surface area contributed by atoms with Crippen LogP contribution in [0.25, 0.3) is 0 Å². The molecule has 1 amide bonds. The highest BCUT2D eigenvalue weighted by Gasteiger charge is 2.22. The Kier molecular flexibility index (Phi) is 7.46. The second kappa shape index (κ2) is 9.59. The predicted molar refractivity (Wildman–Crippen MR) is 91.8 cm³/mol. The fourth-order valence-corrected chi connectivity index (χ4v) is 3.00. The topological polar surface area (TPSA) is 50.8 Å². The number of nitrogens with one attached hydrogen (secondary N) is 1. The monoisotopic (exact) mass is 338 g/mol. The average molecular weight is 338 g/mol. The lowest BCUT2D eigenvalue weighted by molar-refractivity contribution is -0.123. The van der Waals surface area contributed by atoms with Crippen LogP contribution < -0.4 is 10.2 Å². The van der Waals surface area contributed by atoms with E-state index < -0.39 is 0 Å². The highest BCUT2D eigenvalue weighted by molar-refractivity contribution is 5.76. The van der Waals surface area contributed by atoms with Gasteiger partial charge >= 0.3 is 0 Å². The summed E-state index contributed by atoms with van der Waals surface area (Å²) < 4.78 is 23.5. The number of hydrogen-bond donors (Lipinski definition) is 1. The van der Waals surface area contributed by atoms with Gasteiger partial charge in [0.05, 0.1) is 19.8 Å². The standard InChI is InChI=1S/C18H27FN2O3/c1-14-12-15(19)5-6-17(14)21-8-3-4-16(13-21)20-18(22)7-9-24-11-10-23-2/h5-6,12,16H,3-4,7-11,13H2,1-2H3,(H,20,22)/t16-/m0/s1. The number of methoxy groups -OCH3 is 1. The van der Waals surface area contributed by atoms with Crippen molar-refractivity contribution in [3.8, 4) is 0 Å². The molecule has 1 heterocycles. The molecule has 0 bridgehead atoms. The van der Waals surface area contributed by atoms with Gasteiger partial charge in [0.15, 0.2) is 0 Å². The summed E-state index contributed by atoms with van der Waals surface area (Å²) >= 11 is 0. The Morgan fingerprint density at radius 1 is 1.38 bits per heavy atom. The minimum atomic E-state index is -0.216. The van der Waals surface area contributed by atoms with E-state index in [1.807, 2.05) is 13.0 Å². The van der Waals surface area contributed by atoms with E-state index in [9.17, 15) is 9.18 Å². The molecule has 6 heteroatoms. The molecule has 0 unspecified atom stereocenters. The fourth-order valence-electron chi connectivity index (χ4n) is 3.00. The molecular weight excluding hydrogens is 311 g/mol. The zero-order chi connectivity index (χ0) is 17.4. The molecule has 1 saturated heterocycles. The van der Waals surface area contributed by atoms with Gasteiger partial charge in [-0.25, -0.2) is 4.39 Å². The van der Waals surface area contributed by atoms with Crippen molar-refractivity contribution in [3.05, 3.63) is 29.6 Å². The van der Waals surface area contributed by atoms with Crippen LogP contribution >= 0.6 is 0 Å². The number of aryl methyl sites for hydroxylation is 1. The first-order valence-corrected chi connectivity index (χ1v) is 8.47. The Morgan fingerprint density at radius 2 is 2.21 bits per heavy atom. The van der Waals surface area contributed by atoms with E-state index in [-0.39, 0.29) is 17.8 Å². The lowest BCUT2D eigenvalue weighted by Crippen LogP contribution is -2.48. The van der Waals surface area contributed by atoms with Crippen LogP contribution in [-0.4, -0.2) is 52.0 Å². The molecular formula is C18H27FN2O3. The fraction of sp³-hybridized carbons (Fsp3) is 0.611. The molecule has 0 aliphatic carbocycles. The number of nitrogens with zero attached hydrogens (tertiary/aromatic N) is 1. The summed E-state index contributed by atoms with van der Waals surface area (Å²) in [4.78, 5) is 14.2. The van der Waals surface area contributed by atoms with Crippen LogP contribution in [0.3, 0.4) is 0 Å². The Hall–Kier alpha value is -1.66. The second-order valence-corrected chi connectivity index (χ2v) is 6.14. The molecule has 1 aliphatic heterocycles. The molecule has 24 heavy (non-hydrogen) atoms. The summed E-state index contributed by atoms with van der Waals surface area (Å²) in [7, 11) is 1.62. The first-order valence-electron chi connectivity index (χ1n) is 8.47. The number of piperidine rings is 1. The van der Waals surface area contributed by atoms with Gasteiger partial charge in [-0.1, -0.05) is 0 Å². The van der Waals surface area contributed by atoms with Crippen LogP contribution in [0.1, 0.15) is 24.8 Å². The summed E-state index contributed by atoms with van der Waals surface area (Å²) in [6.45, 7) is 5.05. The summed E-state index contributed by atoms with van der Waals surface area (Å²) in [6.07, 6.45) is 2.33. The minimum Gasteiger partial charge on any atom is -0.382 e. The quantitative estimate of drug-likeness (QED) is 0.739. The average Bonchev–Trinajstić information content (AvgIpc) is 2.55. The van der Waals surface area contributed by atoms with Gasteiger partial charge in [0.2, 0.25) is 5.91 Å². The third-order valence-corrected chi connectivity index (χ3v) is 4.19. The lowest BCUT2D eigenvalue weighted by atomic mass is 10.0. The largest absolute Gasteiger partial charge is 0.382 e. The Balaban J connectivity index is 1.79. The Bertz CT molecular complexity index is 539. The van der Waals surface area contributed by atoms with Gasteiger partial charge in [0, 0.05) is 38.3 Å². The van der Waals surface area contributed by atoms with Gasteiger partial charge in [-0.2, -0.15) is 0 Å².